The predicted molar refractivity (Wildman–Crippen MR) is 88.9 cm³/mol. The molecule has 0 fully saturated rings. The lowest BCUT2D eigenvalue weighted by Gasteiger charge is -2.16. The summed E-state index contributed by atoms with van der Waals surface area (Å²) in [6.07, 6.45) is 1.65. The van der Waals surface area contributed by atoms with Crippen LogP contribution in [0.2, 0.25) is 0 Å². The number of aromatic nitrogens is 3. The van der Waals surface area contributed by atoms with Crippen molar-refractivity contribution in [2.24, 2.45) is 0 Å². The summed E-state index contributed by atoms with van der Waals surface area (Å²) in [5.74, 6) is 0.803. The molecular weight excluding hydrogens is 328 g/mol. The average Bonchev–Trinajstić information content (AvgIpc) is 3.21. The molecule has 3 rings (SSSR count). The Morgan fingerprint density at radius 3 is 2.96 bits per heavy atom. The van der Waals surface area contributed by atoms with Gasteiger partial charge in [0.25, 0.3) is 5.91 Å². The summed E-state index contributed by atoms with van der Waals surface area (Å²) in [7, 11) is 3.28. The summed E-state index contributed by atoms with van der Waals surface area (Å²) in [6.45, 7) is 2.10. The highest BCUT2D eigenvalue weighted by molar-refractivity contribution is 7.03. The summed E-state index contributed by atoms with van der Waals surface area (Å²) >= 11 is 1.29. The van der Waals surface area contributed by atoms with Crippen LogP contribution in [0.5, 0.6) is 5.88 Å². The van der Waals surface area contributed by atoms with E-state index in [4.69, 9.17) is 9.26 Å². The third-order valence-electron chi connectivity index (χ3n) is 3.54. The lowest BCUT2D eigenvalue weighted by Crippen LogP contribution is -2.27. The van der Waals surface area contributed by atoms with Gasteiger partial charge in [0, 0.05) is 24.2 Å². The summed E-state index contributed by atoms with van der Waals surface area (Å²) < 4.78 is 14.6. The van der Waals surface area contributed by atoms with Crippen LogP contribution < -0.4 is 4.74 Å². The van der Waals surface area contributed by atoms with Gasteiger partial charge < -0.3 is 14.2 Å². The largest absolute Gasteiger partial charge is 0.480 e. The van der Waals surface area contributed by atoms with E-state index in [1.807, 2.05) is 11.4 Å². The van der Waals surface area contributed by atoms with E-state index in [2.05, 4.69) is 14.5 Å². The summed E-state index contributed by atoms with van der Waals surface area (Å²) in [4.78, 5) is 18.7. The second-order valence-electron chi connectivity index (χ2n) is 5.19. The molecule has 0 unspecified atom stereocenters. The highest BCUT2D eigenvalue weighted by Crippen LogP contribution is 2.26. The minimum atomic E-state index is -0.192. The normalized spacial score (nSPS) is 10.6. The van der Waals surface area contributed by atoms with E-state index in [1.165, 1.54) is 11.5 Å². The van der Waals surface area contributed by atoms with E-state index in [0.29, 0.717) is 35.1 Å². The number of rotatable bonds is 5. The predicted octanol–water partition coefficient (Wildman–Crippen LogP) is 2.78. The zero-order valence-electron chi connectivity index (χ0n) is 13.5. The Labute approximate surface area is 143 Å². The highest BCUT2D eigenvalue weighted by Gasteiger charge is 2.25. The molecule has 0 N–H and O–H groups in total. The molecule has 3 aromatic heterocycles. The van der Waals surface area contributed by atoms with E-state index in [0.717, 1.165) is 5.56 Å². The van der Waals surface area contributed by atoms with Gasteiger partial charge in [0.1, 0.15) is 17.0 Å². The van der Waals surface area contributed by atoms with Gasteiger partial charge in [-0.2, -0.15) is 4.37 Å². The first-order chi connectivity index (χ1) is 11.6. The van der Waals surface area contributed by atoms with Gasteiger partial charge in [-0.05, 0) is 30.6 Å². The third-order valence-corrected chi connectivity index (χ3v) is 4.20. The molecule has 8 heteroatoms. The molecule has 0 bridgehead atoms. The molecule has 1 amide bonds. The number of methoxy groups -OCH3 is 1. The molecule has 0 radical (unpaired) electrons. The maximum absolute atomic E-state index is 12.9. The molecule has 0 aliphatic rings. The van der Waals surface area contributed by atoms with Gasteiger partial charge >= 0.3 is 0 Å². The average molecular weight is 344 g/mol. The molecule has 0 aromatic carbocycles. The Morgan fingerprint density at radius 1 is 1.42 bits per heavy atom. The first-order valence-electron chi connectivity index (χ1n) is 7.22. The van der Waals surface area contributed by atoms with E-state index in [9.17, 15) is 4.79 Å². The fraction of sp³-hybridized carbons (Fsp3) is 0.250. The van der Waals surface area contributed by atoms with Crippen LogP contribution in [-0.2, 0) is 6.54 Å². The van der Waals surface area contributed by atoms with Gasteiger partial charge in [-0.15, -0.1) is 0 Å². The lowest BCUT2D eigenvalue weighted by molar-refractivity contribution is 0.0783. The Balaban J connectivity index is 1.89. The fourth-order valence-electron chi connectivity index (χ4n) is 2.34. The summed E-state index contributed by atoms with van der Waals surface area (Å²) in [5, 5.41) is 5.86. The van der Waals surface area contributed by atoms with Crippen molar-refractivity contribution in [3.63, 3.8) is 0 Å². The second kappa shape index (κ2) is 6.79. The molecule has 7 nitrogen and oxygen atoms in total. The number of hydrogen-bond acceptors (Lipinski definition) is 7. The van der Waals surface area contributed by atoms with Gasteiger partial charge in [0.05, 0.1) is 19.3 Å². The van der Waals surface area contributed by atoms with Crippen LogP contribution >= 0.6 is 11.5 Å². The van der Waals surface area contributed by atoms with Crippen LogP contribution in [0.4, 0.5) is 0 Å². The molecule has 0 atom stereocenters. The minimum Gasteiger partial charge on any atom is -0.480 e. The number of amides is 1. The quantitative estimate of drug-likeness (QED) is 0.708. The van der Waals surface area contributed by atoms with Gasteiger partial charge in [0.15, 0.2) is 0 Å². The molecular formula is C16H16N4O3S. The summed E-state index contributed by atoms with van der Waals surface area (Å²) in [6, 6.07) is 5.44. The zero-order valence-corrected chi connectivity index (χ0v) is 14.3. The molecule has 124 valence electrons. The summed E-state index contributed by atoms with van der Waals surface area (Å²) in [5.41, 5.74) is 2.31. The Morgan fingerprint density at radius 2 is 2.25 bits per heavy atom. The molecule has 0 saturated heterocycles. The molecule has 3 aromatic rings. The van der Waals surface area contributed by atoms with Crippen LogP contribution in [0.15, 0.2) is 34.3 Å². The Hall–Kier alpha value is -2.74. The maximum atomic E-state index is 12.9. The van der Waals surface area contributed by atoms with Crippen LogP contribution in [0, 0.1) is 6.92 Å². The number of carbonyl (C=O) groups is 1. The van der Waals surface area contributed by atoms with Gasteiger partial charge in [0.2, 0.25) is 5.88 Å². The smallest absolute Gasteiger partial charge is 0.259 e. The van der Waals surface area contributed by atoms with Crippen molar-refractivity contribution in [2.75, 3.05) is 14.2 Å². The molecule has 0 aliphatic carbocycles. The van der Waals surface area contributed by atoms with E-state index in [1.54, 1.807) is 44.3 Å². The topological polar surface area (TPSA) is 81.4 Å². The van der Waals surface area contributed by atoms with Crippen molar-refractivity contribution in [2.45, 2.75) is 13.5 Å². The number of ether oxygens (including phenoxy) is 1. The molecule has 0 saturated carbocycles. The minimum absolute atomic E-state index is 0.192. The highest BCUT2D eigenvalue weighted by atomic mass is 32.1. The number of carbonyl (C=O) groups excluding carboxylic acids is 1. The van der Waals surface area contributed by atoms with E-state index >= 15 is 0 Å². The SMILES string of the molecule is COc1nscc1CN(C)C(=O)c1c(-c2ccccn2)noc1C. The van der Waals surface area contributed by atoms with Crippen molar-refractivity contribution < 1.29 is 14.1 Å². The van der Waals surface area contributed by atoms with Crippen molar-refractivity contribution in [3.05, 3.63) is 46.7 Å². The maximum Gasteiger partial charge on any atom is 0.259 e. The van der Waals surface area contributed by atoms with Crippen LogP contribution in [0.25, 0.3) is 11.4 Å². The van der Waals surface area contributed by atoms with Crippen LogP contribution in [-0.4, -0.2) is 39.5 Å². The number of pyridine rings is 1. The number of hydrogen-bond donors (Lipinski definition) is 0. The van der Waals surface area contributed by atoms with Crippen molar-refractivity contribution in [1.29, 1.82) is 0 Å². The number of aryl methyl sites for hydroxylation is 1. The molecule has 24 heavy (non-hydrogen) atoms. The van der Waals surface area contributed by atoms with Crippen molar-refractivity contribution in [3.8, 4) is 17.3 Å². The van der Waals surface area contributed by atoms with Gasteiger partial charge in [-0.3, -0.25) is 9.78 Å². The molecule has 0 spiro atoms. The van der Waals surface area contributed by atoms with Crippen LogP contribution in [0.3, 0.4) is 0 Å². The Bertz CT molecular complexity index is 844. The fourth-order valence-corrected chi connectivity index (χ4v) is 2.98. The van der Waals surface area contributed by atoms with Crippen LogP contribution in [0.1, 0.15) is 21.7 Å². The first kappa shape index (κ1) is 16.1. The van der Waals surface area contributed by atoms with Gasteiger partial charge in [-0.25, -0.2) is 0 Å². The van der Waals surface area contributed by atoms with E-state index < -0.39 is 0 Å². The molecule has 3 heterocycles. The first-order valence-corrected chi connectivity index (χ1v) is 8.05. The standard InChI is InChI=1S/C16H16N4O3S/c1-10-13(14(18-23-10)12-6-4-5-7-17-12)16(21)20(2)8-11-9-24-19-15(11)22-3/h4-7,9H,8H2,1-3H3. The monoisotopic (exact) mass is 344 g/mol. The third kappa shape index (κ3) is 3.00. The van der Waals surface area contributed by atoms with E-state index in [-0.39, 0.29) is 5.91 Å². The Kier molecular flexibility index (Phi) is 4.57. The van der Waals surface area contributed by atoms with Crippen molar-refractivity contribution >= 4 is 17.4 Å². The lowest BCUT2D eigenvalue weighted by atomic mass is 10.1. The second-order valence-corrected chi connectivity index (χ2v) is 5.82. The zero-order chi connectivity index (χ0) is 17.1. The molecule has 0 aliphatic heterocycles. The van der Waals surface area contributed by atoms with Crippen molar-refractivity contribution in [1.82, 2.24) is 19.4 Å². The number of nitrogens with zero attached hydrogens (tertiary/aromatic N) is 4. The van der Waals surface area contributed by atoms with Gasteiger partial charge in [-0.1, -0.05) is 11.2 Å².